The lowest BCUT2D eigenvalue weighted by molar-refractivity contribution is 0.477. The molecule has 0 spiro atoms. The van der Waals surface area contributed by atoms with Gasteiger partial charge in [0.05, 0.1) is 0 Å². The highest BCUT2D eigenvalue weighted by Gasteiger charge is 2.16. The molecular weight excluding hydrogens is 195 g/mol. The molecule has 0 saturated heterocycles. The molecule has 0 saturated carbocycles. The Morgan fingerprint density at radius 2 is 1.85 bits per heavy atom. The fourth-order valence-electron chi connectivity index (χ4n) is 0.648. The van der Waals surface area contributed by atoms with E-state index < -0.39 is 15.3 Å². The molecule has 0 heterocycles. The van der Waals surface area contributed by atoms with Crippen LogP contribution in [0.5, 0.6) is 5.75 Å². The highest BCUT2D eigenvalue weighted by Crippen LogP contribution is 2.15. The Labute approximate surface area is 75.6 Å². The van der Waals surface area contributed by atoms with Crippen LogP contribution in [0.2, 0.25) is 0 Å². The van der Waals surface area contributed by atoms with E-state index in [1.165, 1.54) is 12.1 Å². The molecule has 1 aromatic rings. The van der Waals surface area contributed by atoms with E-state index in [9.17, 15) is 12.8 Å². The van der Waals surface area contributed by atoms with Gasteiger partial charge in [0.25, 0.3) is 0 Å². The van der Waals surface area contributed by atoms with Gasteiger partial charge in [-0.05, 0) is 18.7 Å². The van der Waals surface area contributed by atoms with Crippen molar-refractivity contribution in [1.82, 2.24) is 0 Å². The average Bonchev–Trinajstić information content (AvgIpc) is 2.05. The molecule has 1 aromatic carbocycles. The average molecular weight is 202 g/mol. The van der Waals surface area contributed by atoms with Gasteiger partial charge in [-0.2, -0.15) is 12.8 Å². The number of halogens is 1. The highest BCUT2D eigenvalue weighted by molar-refractivity contribution is 7.90. The van der Waals surface area contributed by atoms with Crippen LogP contribution in [0.3, 0.4) is 0 Å². The van der Waals surface area contributed by atoms with Crippen molar-refractivity contribution in [1.29, 1.82) is 0 Å². The summed E-state index contributed by atoms with van der Waals surface area (Å²) in [4.78, 5) is 0. The molecule has 1 rings (SSSR count). The van der Waals surface area contributed by atoms with Crippen molar-refractivity contribution < 1.29 is 17.0 Å². The van der Waals surface area contributed by atoms with Gasteiger partial charge in [-0.1, -0.05) is 18.2 Å². The van der Waals surface area contributed by atoms with Crippen LogP contribution in [0.15, 0.2) is 42.1 Å². The second kappa shape index (κ2) is 3.57. The normalized spacial score (nSPS) is 10.8. The summed E-state index contributed by atoms with van der Waals surface area (Å²) in [6, 6.07) is 7.64. The zero-order valence-electron chi connectivity index (χ0n) is 6.60. The van der Waals surface area contributed by atoms with Crippen LogP contribution in [0.1, 0.15) is 0 Å². The zero-order chi connectivity index (χ0) is 9.90. The molecule has 0 amide bonds. The first-order chi connectivity index (χ1) is 6.02. The fourth-order valence-corrected chi connectivity index (χ4v) is 1.10. The van der Waals surface area contributed by atoms with Crippen molar-refractivity contribution in [2.24, 2.45) is 0 Å². The number of benzene rings is 1. The summed E-state index contributed by atoms with van der Waals surface area (Å²) in [7, 11) is -4.31. The molecule has 0 radical (unpaired) electrons. The van der Waals surface area contributed by atoms with Gasteiger partial charge in [0.1, 0.15) is 5.75 Å². The molecule has 0 bridgehead atoms. The third-order valence-corrected chi connectivity index (χ3v) is 2.17. The van der Waals surface area contributed by atoms with Gasteiger partial charge in [0, 0.05) is 0 Å². The number of para-hydroxylation sites is 1. The third-order valence-electron chi connectivity index (χ3n) is 1.22. The third kappa shape index (κ3) is 2.55. The monoisotopic (exact) mass is 202 g/mol. The topological polar surface area (TPSA) is 43.4 Å². The lowest BCUT2D eigenvalue weighted by Gasteiger charge is -2.02. The number of hydrogen-bond acceptors (Lipinski definition) is 3. The van der Waals surface area contributed by atoms with Gasteiger partial charge < -0.3 is 4.18 Å². The maximum atomic E-state index is 12.3. The lowest BCUT2D eigenvalue weighted by Crippen LogP contribution is -2.08. The Morgan fingerprint density at radius 1 is 1.31 bits per heavy atom. The van der Waals surface area contributed by atoms with Crippen LogP contribution < -0.4 is 4.18 Å². The van der Waals surface area contributed by atoms with Crippen molar-refractivity contribution in [3.05, 3.63) is 42.1 Å². The van der Waals surface area contributed by atoms with Crippen LogP contribution in [-0.4, -0.2) is 8.42 Å². The second-order valence-corrected chi connectivity index (χ2v) is 3.72. The Balaban J connectivity index is 2.88. The SMILES string of the molecule is C=C(F)S(=O)(=O)Oc1ccccc1. The van der Waals surface area contributed by atoms with E-state index >= 15 is 0 Å². The van der Waals surface area contributed by atoms with Crippen LogP contribution in [0.4, 0.5) is 4.39 Å². The van der Waals surface area contributed by atoms with Crippen molar-refractivity contribution >= 4 is 10.1 Å². The Kier molecular flexibility index (Phi) is 2.67. The molecule has 0 atom stereocenters. The number of rotatable bonds is 3. The summed E-state index contributed by atoms with van der Waals surface area (Å²) < 4.78 is 38.2. The van der Waals surface area contributed by atoms with E-state index in [0.29, 0.717) is 0 Å². The van der Waals surface area contributed by atoms with E-state index in [1.807, 2.05) is 0 Å². The van der Waals surface area contributed by atoms with E-state index in [2.05, 4.69) is 10.8 Å². The van der Waals surface area contributed by atoms with Crippen molar-refractivity contribution in [3.63, 3.8) is 0 Å². The molecule has 0 N–H and O–H groups in total. The predicted molar refractivity (Wildman–Crippen MR) is 46.2 cm³/mol. The molecule has 0 aliphatic rings. The van der Waals surface area contributed by atoms with Crippen molar-refractivity contribution in [2.75, 3.05) is 0 Å². The molecule has 13 heavy (non-hydrogen) atoms. The van der Waals surface area contributed by atoms with E-state index in [0.717, 1.165) is 0 Å². The zero-order valence-corrected chi connectivity index (χ0v) is 7.42. The van der Waals surface area contributed by atoms with Crippen molar-refractivity contribution in [3.8, 4) is 5.75 Å². The standard InChI is InChI=1S/C8H7FO3S/c1-7(9)13(10,11)12-8-5-3-2-4-6-8/h2-6H,1H2. The van der Waals surface area contributed by atoms with Gasteiger partial charge in [0.15, 0.2) is 0 Å². The predicted octanol–water partition coefficient (Wildman–Crippen LogP) is 1.84. The Morgan fingerprint density at radius 3 is 2.31 bits per heavy atom. The first-order valence-electron chi connectivity index (χ1n) is 3.36. The van der Waals surface area contributed by atoms with Gasteiger partial charge in [-0.25, -0.2) is 0 Å². The van der Waals surface area contributed by atoms with Gasteiger partial charge >= 0.3 is 10.1 Å². The van der Waals surface area contributed by atoms with Crippen molar-refractivity contribution in [2.45, 2.75) is 0 Å². The molecule has 0 aliphatic heterocycles. The summed E-state index contributed by atoms with van der Waals surface area (Å²) >= 11 is 0. The van der Waals surface area contributed by atoms with Gasteiger partial charge in [-0.3, -0.25) is 0 Å². The van der Waals surface area contributed by atoms with Gasteiger partial charge in [-0.15, -0.1) is 0 Å². The summed E-state index contributed by atoms with van der Waals surface area (Å²) in [5.74, 6) is 0.0568. The molecular formula is C8H7FO3S. The summed E-state index contributed by atoms with van der Waals surface area (Å²) in [5.41, 5.74) is 0. The van der Waals surface area contributed by atoms with Crippen LogP contribution in [-0.2, 0) is 10.1 Å². The molecule has 3 nitrogen and oxygen atoms in total. The van der Waals surface area contributed by atoms with Crippen LogP contribution in [0, 0.1) is 0 Å². The molecule has 0 fully saturated rings. The largest absolute Gasteiger partial charge is 0.377 e. The fraction of sp³-hybridized carbons (Fsp3) is 0. The van der Waals surface area contributed by atoms with E-state index in [4.69, 9.17) is 0 Å². The summed E-state index contributed by atoms with van der Waals surface area (Å²) in [5, 5.41) is -1.50. The van der Waals surface area contributed by atoms with E-state index in [-0.39, 0.29) is 5.75 Å². The lowest BCUT2D eigenvalue weighted by atomic mass is 10.3. The molecule has 0 aromatic heterocycles. The molecule has 0 aliphatic carbocycles. The quantitative estimate of drug-likeness (QED) is 0.702. The van der Waals surface area contributed by atoms with Crippen LogP contribution in [0.25, 0.3) is 0 Å². The van der Waals surface area contributed by atoms with Crippen LogP contribution >= 0.6 is 0 Å². The minimum absolute atomic E-state index is 0.0568. The summed E-state index contributed by atoms with van der Waals surface area (Å²) in [6.45, 7) is 2.64. The Hall–Kier alpha value is -1.36. The maximum absolute atomic E-state index is 12.3. The second-order valence-electron chi connectivity index (χ2n) is 2.21. The minimum Gasteiger partial charge on any atom is -0.377 e. The minimum atomic E-state index is -4.31. The summed E-state index contributed by atoms with van der Waals surface area (Å²) in [6.07, 6.45) is 0. The van der Waals surface area contributed by atoms with Gasteiger partial charge in [0.2, 0.25) is 5.16 Å². The highest BCUT2D eigenvalue weighted by atomic mass is 32.2. The molecule has 0 unspecified atom stereocenters. The molecule has 5 heteroatoms. The smallest absolute Gasteiger partial charge is 0.365 e. The maximum Gasteiger partial charge on any atom is 0.365 e. The molecule has 70 valence electrons. The van der Waals surface area contributed by atoms with E-state index in [1.54, 1.807) is 18.2 Å². The first kappa shape index (κ1) is 9.73. The number of hydrogen-bond donors (Lipinski definition) is 0. The Bertz CT molecular complexity index is 397. The first-order valence-corrected chi connectivity index (χ1v) is 4.77.